The van der Waals surface area contributed by atoms with E-state index < -0.39 is 11.8 Å². The van der Waals surface area contributed by atoms with Crippen LogP contribution in [0.5, 0.6) is 5.75 Å². The van der Waals surface area contributed by atoms with Gasteiger partial charge in [0, 0.05) is 17.1 Å². The molecule has 3 aromatic carbocycles. The van der Waals surface area contributed by atoms with E-state index in [-0.39, 0.29) is 10.7 Å². The Morgan fingerprint density at radius 1 is 0.872 bits per heavy atom. The second-order valence-corrected chi connectivity index (χ2v) is 9.79. The van der Waals surface area contributed by atoms with Crippen molar-refractivity contribution in [3.8, 4) is 11.4 Å². The molecule has 2 amide bonds. The summed E-state index contributed by atoms with van der Waals surface area (Å²) in [5.74, 6) is -0.172. The number of nitrogens with one attached hydrogen (secondary N) is 1. The van der Waals surface area contributed by atoms with E-state index >= 15 is 0 Å². The number of ether oxygens (including phenoxy) is 1. The normalized spacial score (nSPS) is 14.6. The molecule has 2 heterocycles. The van der Waals surface area contributed by atoms with Crippen LogP contribution in [0, 0.1) is 13.8 Å². The maximum absolute atomic E-state index is 13.5. The van der Waals surface area contributed by atoms with Crippen molar-refractivity contribution < 1.29 is 14.3 Å². The van der Waals surface area contributed by atoms with Gasteiger partial charge in [0.05, 0.1) is 5.69 Å². The van der Waals surface area contributed by atoms with Crippen LogP contribution >= 0.6 is 12.2 Å². The Labute approximate surface area is 233 Å². The van der Waals surface area contributed by atoms with Gasteiger partial charge in [-0.3, -0.25) is 19.8 Å². The number of thiocarbonyl (C=S) groups is 1. The van der Waals surface area contributed by atoms with Crippen LogP contribution in [-0.4, -0.2) is 21.5 Å². The molecule has 0 aliphatic carbocycles. The fourth-order valence-electron chi connectivity index (χ4n) is 4.69. The number of anilines is 1. The van der Waals surface area contributed by atoms with Gasteiger partial charge in [-0.25, -0.2) is 0 Å². The molecule has 5 rings (SSSR count). The van der Waals surface area contributed by atoms with Gasteiger partial charge in [0.25, 0.3) is 11.8 Å². The molecule has 1 fully saturated rings. The van der Waals surface area contributed by atoms with E-state index in [2.05, 4.69) is 16.8 Å². The van der Waals surface area contributed by atoms with Crippen molar-refractivity contribution in [1.82, 2.24) is 9.88 Å². The Morgan fingerprint density at radius 2 is 1.54 bits per heavy atom. The summed E-state index contributed by atoms with van der Waals surface area (Å²) in [6.45, 7) is 6.53. The highest BCUT2D eigenvalue weighted by Gasteiger charge is 2.34. The van der Waals surface area contributed by atoms with Gasteiger partial charge in [-0.1, -0.05) is 49.4 Å². The Balaban J connectivity index is 1.40. The summed E-state index contributed by atoms with van der Waals surface area (Å²) in [4.78, 5) is 27.7. The van der Waals surface area contributed by atoms with E-state index in [0.717, 1.165) is 45.9 Å². The maximum atomic E-state index is 13.5. The molecule has 0 radical (unpaired) electrons. The monoisotopic (exact) mass is 535 g/mol. The molecule has 0 bridgehead atoms. The number of carbonyl (C=O) groups excluding carboxylic acids is 2. The largest absolute Gasteiger partial charge is 0.489 e. The topological polar surface area (TPSA) is 63.6 Å². The first kappa shape index (κ1) is 26.1. The fraction of sp³-hybridized carbons (Fsp3) is 0.156. The average molecular weight is 536 g/mol. The predicted molar refractivity (Wildman–Crippen MR) is 158 cm³/mol. The highest BCUT2D eigenvalue weighted by atomic mass is 32.1. The van der Waals surface area contributed by atoms with Crippen molar-refractivity contribution in [2.24, 2.45) is 0 Å². The van der Waals surface area contributed by atoms with E-state index in [4.69, 9.17) is 17.0 Å². The minimum absolute atomic E-state index is 0.0353. The van der Waals surface area contributed by atoms with E-state index in [0.29, 0.717) is 12.3 Å². The first-order valence-electron chi connectivity index (χ1n) is 12.8. The van der Waals surface area contributed by atoms with Crippen LogP contribution in [0.4, 0.5) is 5.69 Å². The van der Waals surface area contributed by atoms with Gasteiger partial charge >= 0.3 is 0 Å². The summed E-state index contributed by atoms with van der Waals surface area (Å²) in [7, 11) is 0. The summed E-state index contributed by atoms with van der Waals surface area (Å²) in [5, 5.41) is 2.74. The lowest BCUT2D eigenvalue weighted by Gasteiger charge is -2.29. The zero-order valence-corrected chi connectivity index (χ0v) is 22.9. The van der Waals surface area contributed by atoms with Crippen molar-refractivity contribution in [2.75, 3.05) is 4.90 Å². The van der Waals surface area contributed by atoms with E-state index in [9.17, 15) is 9.59 Å². The van der Waals surface area contributed by atoms with Crippen LogP contribution in [0.15, 0.2) is 90.5 Å². The average Bonchev–Trinajstić information content (AvgIpc) is 3.23. The molecule has 39 heavy (non-hydrogen) atoms. The lowest BCUT2D eigenvalue weighted by atomic mass is 10.1. The quantitative estimate of drug-likeness (QED) is 0.177. The zero-order chi connectivity index (χ0) is 27.5. The minimum Gasteiger partial charge on any atom is -0.489 e. The Bertz CT molecular complexity index is 1570. The van der Waals surface area contributed by atoms with Gasteiger partial charge in [0.1, 0.15) is 17.9 Å². The van der Waals surface area contributed by atoms with Crippen molar-refractivity contribution in [3.05, 3.63) is 119 Å². The second kappa shape index (κ2) is 11.1. The third-order valence-electron chi connectivity index (χ3n) is 6.82. The minimum atomic E-state index is -0.504. The van der Waals surface area contributed by atoms with Crippen molar-refractivity contribution in [2.45, 2.75) is 33.8 Å². The van der Waals surface area contributed by atoms with Gasteiger partial charge in [0.2, 0.25) is 0 Å². The van der Waals surface area contributed by atoms with Crippen LogP contribution in [0.2, 0.25) is 0 Å². The molecule has 4 aromatic rings. The van der Waals surface area contributed by atoms with Crippen molar-refractivity contribution >= 4 is 40.9 Å². The fourth-order valence-corrected chi connectivity index (χ4v) is 4.97. The second-order valence-electron chi connectivity index (χ2n) is 9.41. The Kier molecular flexibility index (Phi) is 7.43. The summed E-state index contributed by atoms with van der Waals surface area (Å²) >= 11 is 5.35. The molecule has 6 nitrogen and oxygen atoms in total. The summed E-state index contributed by atoms with van der Waals surface area (Å²) in [6.07, 6.45) is 2.53. The zero-order valence-electron chi connectivity index (χ0n) is 22.1. The molecule has 1 saturated heterocycles. The number of hydrogen-bond acceptors (Lipinski definition) is 4. The van der Waals surface area contributed by atoms with E-state index in [1.165, 1.54) is 4.90 Å². The van der Waals surface area contributed by atoms with Crippen LogP contribution < -0.4 is 15.0 Å². The Hall–Kier alpha value is -4.49. The van der Waals surface area contributed by atoms with Crippen LogP contribution in [0.3, 0.4) is 0 Å². The highest BCUT2D eigenvalue weighted by molar-refractivity contribution is 7.80. The molecule has 0 spiro atoms. The first-order chi connectivity index (χ1) is 18.9. The molecule has 7 heteroatoms. The predicted octanol–water partition coefficient (Wildman–Crippen LogP) is 6.07. The molecule has 1 aromatic heterocycles. The lowest BCUT2D eigenvalue weighted by molar-refractivity contribution is -0.122. The molecule has 0 atom stereocenters. The number of amides is 2. The molecule has 0 saturated carbocycles. The summed E-state index contributed by atoms with van der Waals surface area (Å²) in [5.41, 5.74) is 6.53. The van der Waals surface area contributed by atoms with E-state index in [1.807, 2.05) is 98.8 Å². The SMILES string of the molecule is CCc1ccc(N2C(=O)/C(=C/c3cc(C)n(-c4ccc(OCc5ccccc5)cc4)c3C)C(=O)NC2=S)cc1. The maximum Gasteiger partial charge on any atom is 0.270 e. The van der Waals surface area contributed by atoms with Gasteiger partial charge in [0.15, 0.2) is 5.11 Å². The number of aromatic nitrogens is 1. The highest BCUT2D eigenvalue weighted by Crippen LogP contribution is 2.27. The molecule has 1 N–H and O–H groups in total. The number of benzene rings is 3. The van der Waals surface area contributed by atoms with Crippen LogP contribution in [0.25, 0.3) is 11.8 Å². The number of carbonyl (C=O) groups is 2. The summed E-state index contributed by atoms with van der Waals surface area (Å²) in [6, 6.07) is 27.5. The first-order valence-corrected chi connectivity index (χ1v) is 13.2. The van der Waals surface area contributed by atoms with E-state index in [1.54, 1.807) is 6.08 Å². The molecule has 0 unspecified atom stereocenters. The standard InChI is InChI=1S/C32H29N3O3S/c1-4-23-10-12-27(13-11-23)35-31(37)29(30(36)33-32(35)39)19-25-18-21(2)34(22(25)3)26-14-16-28(17-15-26)38-20-24-8-6-5-7-9-24/h5-19H,4,20H2,1-3H3,(H,33,36,39)/b29-19+. The number of aryl methyl sites for hydroxylation is 2. The Morgan fingerprint density at radius 3 is 2.21 bits per heavy atom. The van der Waals surface area contributed by atoms with Crippen LogP contribution in [0.1, 0.15) is 35.0 Å². The van der Waals surface area contributed by atoms with Gasteiger partial charge in [-0.2, -0.15) is 0 Å². The molecular formula is C32H29N3O3S. The molecule has 1 aliphatic rings. The van der Waals surface area contributed by atoms with Gasteiger partial charge < -0.3 is 9.30 Å². The van der Waals surface area contributed by atoms with Gasteiger partial charge in [-0.05, 0) is 97.7 Å². The van der Waals surface area contributed by atoms with Crippen molar-refractivity contribution in [1.29, 1.82) is 0 Å². The number of rotatable bonds is 7. The smallest absolute Gasteiger partial charge is 0.270 e. The summed E-state index contributed by atoms with van der Waals surface area (Å²) < 4.78 is 8.01. The molecular weight excluding hydrogens is 506 g/mol. The molecule has 1 aliphatic heterocycles. The molecule has 196 valence electrons. The third-order valence-corrected chi connectivity index (χ3v) is 7.10. The number of hydrogen-bond donors (Lipinski definition) is 1. The lowest BCUT2D eigenvalue weighted by Crippen LogP contribution is -2.54. The van der Waals surface area contributed by atoms with Crippen LogP contribution in [-0.2, 0) is 22.6 Å². The van der Waals surface area contributed by atoms with Gasteiger partial charge in [-0.15, -0.1) is 0 Å². The number of nitrogens with zero attached hydrogens (tertiary/aromatic N) is 2. The van der Waals surface area contributed by atoms with Crippen molar-refractivity contribution in [3.63, 3.8) is 0 Å². The third kappa shape index (κ3) is 5.40.